The van der Waals surface area contributed by atoms with Gasteiger partial charge >= 0.3 is 0 Å². The van der Waals surface area contributed by atoms with Crippen molar-refractivity contribution in [2.75, 3.05) is 25.4 Å². The summed E-state index contributed by atoms with van der Waals surface area (Å²) in [5.41, 5.74) is 5.64. The first kappa shape index (κ1) is 15.2. The lowest BCUT2D eigenvalue weighted by atomic mass is 9.79. The summed E-state index contributed by atoms with van der Waals surface area (Å²) in [4.78, 5) is 3.79. The standard InChI is InChI=1S/C15H23N3OS/c1-15(14(16)17-19)7-9-18(10-8-15)11-12-20-13-5-3-2-4-6-13/h2-6,19H,7-12H2,1H3,(H2,16,17). The van der Waals surface area contributed by atoms with E-state index in [1.165, 1.54) is 4.90 Å². The van der Waals surface area contributed by atoms with Crippen LogP contribution in [0.2, 0.25) is 0 Å². The van der Waals surface area contributed by atoms with Gasteiger partial charge in [-0.2, -0.15) is 0 Å². The molecule has 1 aromatic rings. The Bertz CT molecular complexity index is 442. The Balaban J connectivity index is 1.72. The van der Waals surface area contributed by atoms with Gasteiger partial charge in [0, 0.05) is 22.6 Å². The van der Waals surface area contributed by atoms with Crippen molar-refractivity contribution < 1.29 is 5.21 Å². The molecule has 0 aliphatic carbocycles. The Hall–Kier alpha value is -1.20. The zero-order valence-corrected chi connectivity index (χ0v) is 12.8. The highest BCUT2D eigenvalue weighted by Gasteiger charge is 2.33. The van der Waals surface area contributed by atoms with Crippen LogP contribution in [0, 0.1) is 5.41 Å². The van der Waals surface area contributed by atoms with Crippen molar-refractivity contribution in [1.82, 2.24) is 4.90 Å². The lowest BCUT2D eigenvalue weighted by Crippen LogP contribution is -2.46. The van der Waals surface area contributed by atoms with E-state index in [0.717, 1.165) is 38.2 Å². The second-order valence-electron chi connectivity index (χ2n) is 5.55. The Morgan fingerprint density at radius 2 is 2.00 bits per heavy atom. The Morgan fingerprint density at radius 1 is 1.35 bits per heavy atom. The molecule has 5 heteroatoms. The van der Waals surface area contributed by atoms with Crippen LogP contribution in [0.5, 0.6) is 0 Å². The molecule has 0 unspecified atom stereocenters. The first-order valence-electron chi connectivity index (χ1n) is 7.02. The molecule has 2 rings (SSSR count). The SMILES string of the molecule is CC1(/C(N)=N/O)CCN(CCSc2ccccc2)CC1. The maximum absolute atomic E-state index is 8.83. The predicted molar refractivity (Wildman–Crippen MR) is 84.4 cm³/mol. The highest BCUT2D eigenvalue weighted by molar-refractivity contribution is 7.99. The average Bonchev–Trinajstić information content (AvgIpc) is 2.49. The molecule has 0 amide bonds. The number of rotatable bonds is 5. The number of hydrogen-bond donors (Lipinski definition) is 2. The molecule has 1 heterocycles. The summed E-state index contributed by atoms with van der Waals surface area (Å²) < 4.78 is 0. The van der Waals surface area contributed by atoms with Gasteiger partial charge < -0.3 is 15.8 Å². The van der Waals surface area contributed by atoms with Crippen molar-refractivity contribution >= 4 is 17.6 Å². The summed E-state index contributed by atoms with van der Waals surface area (Å²) in [6.07, 6.45) is 1.91. The van der Waals surface area contributed by atoms with Crippen LogP contribution in [0.1, 0.15) is 19.8 Å². The molecule has 0 atom stereocenters. The van der Waals surface area contributed by atoms with E-state index < -0.39 is 0 Å². The topological polar surface area (TPSA) is 61.9 Å². The van der Waals surface area contributed by atoms with E-state index in [1.54, 1.807) is 0 Å². The van der Waals surface area contributed by atoms with Gasteiger partial charge in [0.2, 0.25) is 0 Å². The third-order valence-corrected chi connectivity index (χ3v) is 5.10. The van der Waals surface area contributed by atoms with Crippen molar-refractivity contribution in [2.45, 2.75) is 24.7 Å². The van der Waals surface area contributed by atoms with Gasteiger partial charge in [0.1, 0.15) is 5.84 Å². The smallest absolute Gasteiger partial charge is 0.145 e. The van der Waals surface area contributed by atoms with E-state index in [2.05, 4.69) is 41.2 Å². The van der Waals surface area contributed by atoms with E-state index in [9.17, 15) is 0 Å². The summed E-state index contributed by atoms with van der Waals surface area (Å²) in [6, 6.07) is 10.5. The van der Waals surface area contributed by atoms with Gasteiger partial charge in [-0.25, -0.2) is 0 Å². The summed E-state index contributed by atoms with van der Waals surface area (Å²) in [5.74, 6) is 1.47. The second-order valence-corrected chi connectivity index (χ2v) is 6.72. The van der Waals surface area contributed by atoms with Crippen LogP contribution < -0.4 is 5.73 Å². The number of oxime groups is 1. The van der Waals surface area contributed by atoms with Crippen LogP contribution in [0.3, 0.4) is 0 Å². The Kier molecular flexibility index (Phi) is 5.31. The molecule has 3 N–H and O–H groups in total. The zero-order chi connectivity index (χ0) is 14.4. The fraction of sp³-hybridized carbons (Fsp3) is 0.533. The Labute approximate surface area is 125 Å². The van der Waals surface area contributed by atoms with Crippen molar-refractivity contribution in [2.24, 2.45) is 16.3 Å². The molecule has 0 radical (unpaired) electrons. The third kappa shape index (κ3) is 3.90. The van der Waals surface area contributed by atoms with Gasteiger partial charge in [0.05, 0.1) is 0 Å². The molecule has 1 aliphatic rings. The van der Waals surface area contributed by atoms with Gasteiger partial charge in [-0.3, -0.25) is 0 Å². The fourth-order valence-corrected chi connectivity index (χ4v) is 3.39. The minimum atomic E-state index is -0.141. The van der Waals surface area contributed by atoms with Crippen LogP contribution in [-0.4, -0.2) is 41.3 Å². The number of benzene rings is 1. The monoisotopic (exact) mass is 293 g/mol. The Morgan fingerprint density at radius 3 is 2.60 bits per heavy atom. The molecule has 0 aromatic heterocycles. The third-order valence-electron chi connectivity index (χ3n) is 4.11. The number of hydrogen-bond acceptors (Lipinski definition) is 4. The number of nitrogens with two attached hydrogens (primary N) is 1. The van der Waals surface area contributed by atoms with E-state index >= 15 is 0 Å². The summed E-state index contributed by atoms with van der Waals surface area (Å²) >= 11 is 1.89. The lowest BCUT2D eigenvalue weighted by molar-refractivity contribution is 0.167. The number of piperidine rings is 1. The normalized spacial score (nSPS) is 19.9. The van der Waals surface area contributed by atoms with Gasteiger partial charge in [-0.05, 0) is 38.1 Å². The fourth-order valence-electron chi connectivity index (χ4n) is 2.46. The number of thioether (sulfide) groups is 1. The van der Waals surface area contributed by atoms with Crippen molar-refractivity contribution in [1.29, 1.82) is 0 Å². The second kappa shape index (κ2) is 6.99. The van der Waals surface area contributed by atoms with Gasteiger partial charge in [-0.15, -0.1) is 11.8 Å². The molecule has 20 heavy (non-hydrogen) atoms. The maximum atomic E-state index is 8.83. The number of amidine groups is 1. The maximum Gasteiger partial charge on any atom is 0.145 e. The van der Waals surface area contributed by atoms with E-state index in [-0.39, 0.29) is 5.41 Å². The minimum absolute atomic E-state index is 0.141. The largest absolute Gasteiger partial charge is 0.409 e. The summed E-state index contributed by atoms with van der Waals surface area (Å²) in [6.45, 7) is 5.20. The van der Waals surface area contributed by atoms with Crippen molar-refractivity contribution in [3.63, 3.8) is 0 Å². The summed E-state index contributed by atoms with van der Waals surface area (Å²) in [5, 5.41) is 12.0. The van der Waals surface area contributed by atoms with Gasteiger partial charge in [0.15, 0.2) is 0 Å². The van der Waals surface area contributed by atoms with Gasteiger partial charge in [0.25, 0.3) is 0 Å². The van der Waals surface area contributed by atoms with Gasteiger partial charge in [-0.1, -0.05) is 30.3 Å². The highest BCUT2D eigenvalue weighted by Crippen LogP contribution is 2.31. The molecule has 1 fully saturated rings. The van der Waals surface area contributed by atoms with Crippen molar-refractivity contribution in [3.05, 3.63) is 30.3 Å². The molecule has 110 valence electrons. The molecular weight excluding hydrogens is 270 g/mol. The molecule has 0 bridgehead atoms. The van der Waals surface area contributed by atoms with Crippen molar-refractivity contribution in [3.8, 4) is 0 Å². The molecule has 1 saturated heterocycles. The zero-order valence-electron chi connectivity index (χ0n) is 12.0. The molecule has 4 nitrogen and oxygen atoms in total. The molecule has 0 saturated carbocycles. The van der Waals surface area contributed by atoms with E-state index in [1.807, 2.05) is 17.8 Å². The van der Waals surface area contributed by atoms with E-state index in [4.69, 9.17) is 10.9 Å². The number of nitrogens with zero attached hydrogens (tertiary/aromatic N) is 2. The molecule has 1 aromatic carbocycles. The van der Waals surface area contributed by atoms with Crippen LogP contribution in [0.4, 0.5) is 0 Å². The first-order chi connectivity index (χ1) is 9.64. The van der Waals surface area contributed by atoms with E-state index in [0.29, 0.717) is 5.84 Å². The molecule has 0 spiro atoms. The van der Waals surface area contributed by atoms with Crippen LogP contribution in [-0.2, 0) is 0 Å². The predicted octanol–water partition coefficient (Wildman–Crippen LogP) is 2.63. The first-order valence-corrected chi connectivity index (χ1v) is 8.01. The summed E-state index contributed by atoms with van der Waals surface area (Å²) in [7, 11) is 0. The van der Waals surface area contributed by atoms with Crippen LogP contribution in [0.25, 0.3) is 0 Å². The minimum Gasteiger partial charge on any atom is -0.409 e. The molecular formula is C15H23N3OS. The number of likely N-dealkylation sites (tertiary alicyclic amines) is 1. The van der Waals surface area contributed by atoms with Crippen LogP contribution in [0.15, 0.2) is 40.4 Å². The molecule has 1 aliphatic heterocycles. The quantitative estimate of drug-likeness (QED) is 0.288. The van der Waals surface area contributed by atoms with Crippen LogP contribution >= 0.6 is 11.8 Å². The average molecular weight is 293 g/mol. The highest BCUT2D eigenvalue weighted by atomic mass is 32.2. The lowest BCUT2D eigenvalue weighted by Gasteiger charge is -2.38.